The quantitative estimate of drug-likeness (QED) is 0.563. The molecular weight excluding hydrogens is 264 g/mol. The van der Waals surface area contributed by atoms with Crippen LogP contribution in [0.1, 0.15) is 31.2 Å². The van der Waals surface area contributed by atoms with Crippen LogP contribution in [0.4, 0.5) is 0 Å². The maximum Gasteiger partial charge on any atom is 0.161 e. The molecule has 0 aliphatic carbocycles. The highest BCUT2D eigenvalue weighted by molar-refractivity contribution is 6.17. The molecule has 1 aromatic carbocycles. The monoisotopic (exact) mass is 284 g/mol. The van der Waals surface area contributed by atoms with Crippen LogP contribution < -0.4 is 9.47 Å². The predicted octanol–water partition coefficient (Wildman–Crippen LogP) is 3.77. The molecule has 1 aromatic rings. The van der Waals surface area contributed by atoms with Gasteiger partial charge in [-0.2, -0.15) is 0 Å². The van der Waals surface area contributed by atoms with E-state index < -0.39 is 0 Å². The van der Waals surface area contributed by atoms with Gasteiger partial charge in [-0.15, -0.1) is 11.6 Å². The molecule has 1 aliphatic heterocycles. The Bertz CT molecular complexity index is 389. The molecule has 1 heterocycles. The number of alkyl halides is 1. The summed E-state index contributed by atoms with van der Waals surface area (Å²) in [7, 11) is 1.65. The molecule has 106 valence electrons. The first-order chi connectivity index (χ1) is 9.33. The summed E-state index contributed by atoms with van der Waals surface area (Å²) in [6, 6.07) is 5.79. The second kappa shape index (κ2) is 7.61. The lowest BCUT2D eigenvalue weighted by molar-refractivity contribution is 0.0980. The van der Waals surface area contributed by atoms with Crippen LogP contribution in [-0.2, 0) is 10.6 Å². The number of halogens is 1. The van der Waals surface area contributed by atoms with E-state index in [1.807, 2.05) is 18.2 Å². The van der Waals surface area contributed by atoms with Crippen molar-refractivity contribution in [2.45, 2.75) is 37.7 Å². The fraction of sp³-hybridized carbons (Fsp3) is 0.600. The molecule has 0 saturated carbocycles. The molecule has 4 heteroatoms. The Labute approximate surface area is 119 Å². The van der Waals surface area contributed by atoms with Gasteiger partial charge in [-0.25, -0.2) is 0 Å². The van der Waals surface area contributed by atoms with E-state index in [1.54, 1.807) is 7.11 Å². The van der Waals surface area contributed by atoms with E-state index in [0.29, 0.717) is 18.6 Å². The van der Waals surface area contributed by atoms with E-state index in [1.165, 1.54) is 12.8 Å². The van der Waals surface area contributed by atoms with Gasteiger partial charge in [-0.05, 0) is 43.4 Å². The predicted molar refractivity (Wildman–Crippen MR) is 76.3 cm³/mol. The summed E-state index contributed by atoms with van der Waals surface area (Å²) in [6.45, 7) is 1.60. The average Bonchev–Trinajstić information content (AvgIpc) is 2.96. The van der Waals surface area contributed by atoms with Crippen molar-refractivity contribution in [1.82, 2.24) is 0 Å². The Balaban J connectivity index is 1.80. The zero-order valence-corrected chi connectivity index (χ0v) is 12.1. The molecule has 0 spiro atoms. The fourth-order valence-corrected chi connectivity index (χ4v) is 2.45. The molecule has 1 saturated heterocycles. The number of methoxy groups -OCH3 is 1. The Kier molecular flexibility index (Phi) is 5.80. The zero-order chi connectivity index (χ0) is 13.5. The summed E-state index contributed by atoms with van der Waals surface area (Å²) in [5, 5.41) is 0. The largest absolute Gasteiger partial charge is 0.493 e. The molecule has 0 aromatic heterocycles. The van der Waals surface area contributed by atoms with Gasteiger partial charge in [0.05, 0.1) is 19.8 Å². The first-order valence-electron chi connectivity index (χ1n) is 6.80. The smallest absolute Gasteiger partial charge is 0.161 e. The Hall–Kier alpha value is -0.930. The van der Waals surface area contributed by atoms with Crippen LogP contribution in [0.2, 0.25) is 0 Å². The number of rotatable bonds is 7. The van der Waals surface area contributed by atoms with Gasteiger partial charge in [-0.3, -0.25) is 0 Å². The highest BCUT2D eigenvalue weighted by atomic mass is 35.5. The summed E-state index contributed by atoms with van der Waals surface area (Å²) >= 11 is 5.83. The highest BCUT2D eigenvalue weighted by Crippen LogP contribution is 2.29. The minimum atomic E-state index is 0.430. The molecule has 1 fully saturated rings. The molecule has 3 nitrogen and oxygen atoms in total. The number of benzene rings is 1. The van der Waals surface area contributed by atoms with Gasteiger partial charge in [0, 0.05) is 12.5 Å². The van der Waals surface area contributed by atoms with Gasteiger partial charge in [0.15, 0.2) is 11.5 Å². The minimum Gasteiger partial charge on any atom is -0.493 e. The normalized spacial score (nSPS) is 18.5. The third-order valence-electron chi connectivity index (χ3n) is 3.33. The molecule has 1 atom stereocenters. The van der Waals surface area contributed by atoms with Gasteiger partial charge in [-0.1, -0.05) is 6.07 Å². The second-order valence-corrected chi connectivity index (χ2v) is 5.01. The lowest BCUT2D eigenvalue weighted by Gasteiger charge is -2.13. The van der Waals surface area contributed by atoms with Gasteiger partial charge in [0.2, 0.25) is 0 Å². The van der Waals surface area contributed by atoms with Crippen LogP contribution in [0.15, 0.2) is 18.2 Å². The summed E-state index contributed by atoms with van der Waals surface area (Å²) < 4.78 is 16.7. The Morgan fingerprint density at radius 3 is 2.95 bits per heavy atom. The van der Waals surface area contributed by atoms with Crippen LogP contribution in [0, 0.1) is 0 Å². The van der Waals surface area contributed by atoms with Gasteiger partial charge < -0.3 is 14.2 Å². The molecule has 19 heavy (non-hydrogen) atoms. The first kappa shape index (κ1) is 14.5. The van der Waals surface area contributed by atoms with E-state index in [9.17, 15) is 0 Å². The second-order valence-electron chi connectivity index (χ2n) is 4.74. The van der Waals surface area contributed by atoms with E-state index in [4.69, 9.17) is 25.8 Å². The fourth-order valence-electron chi connectivity index (χ4n) is 2.28. The van der Waals surface area contributed by atoms with E-state index in [-0.39, 0.29) is 0 Å². The molecule has 1 aliphatic rings. The topological polar surface area (TPSA) is 27.7 Å². The van der Waals surface area contributed by atoms with Crippen LogP contribution in [0.5, 0.6) is 11.5 Å². The van der Waals surface area contributed by atoms with Crippen LogP contribution in [-0.4, -0.2) is 26.4 Å². The van der Waals surface area contributed by atoms with Crippen LogP contribution >= 0.6 is 11.6 Å². The summed E-state index contributed by atoms with van der Waals surface area (Å²) in [5.74, 6) is 2.01. The maximum atomic E-state index is 5.83. The van der Waals surface area contributed by atoms with Crippen molar-refractivity contribution in [3.63, 3.8) is 0 Å². The minimum absolute atomic E-state index is 0.430. The lowest BCUT2D eigenvalue weighted by Crippen LogP contribution is -2.08. The standard InChI is InChI=1S/C15H21ClO3/c1-17-14-7-6-12(11-16)10-15(14)19-9-3-5-13-4-2-8-18-13/h6-7,10,13H,2-5,8-9,11H2,1H3. The van der Waals surface area contributed by atoms with Gasteiger partial charge in [0.1, 0.15) is 0 Å². The van der Waals surface area contributed by atoms with Crippen molar-refractivity contribution in [2.24, 2.45) is 0 Å². The van der Waals surface area contributed by atoms with Crippen molar-refractivity contribution in [2.75, 3.05) is 20.3 Å². The molecule has 2 rings (SSSR count). The summed E-state index contributed by atoms with van der Waals surface area (Å²) in [4.78, 5) is 0. The molecule has 0 radical (unpaired) electrons. The van der Waals surface area contributed by atoms with Crippen molar-refractivity contribution < 1.29 is 14.2 Å². The Morgan fingerprint density at radius 2 is 2.26 bits per heavy atom. The third-order valence-corrected chi connectivity index (χ3v) is 3.64. The molecule has 0 amide bonds. The van der Waals surface area contributed by atoms with Crippen molar-refractivity contribution in [1.29, 1.82) is 0 Å². The van der Waals surface area contributed by atoms with Gasteiger partial charge >= 0.3 is 0 Å². The first-order valence-corrected chi connectivity index (χ1v) is 7.34. The van der Waals surface area contributed by atoms with E-state index in [0.717, 1.165) is 36.5 Å². The van der Waals surface area contributed by atoms with Crippen molar-refractivity contribution in [3.8, 4) is 11.5 Å². The summed E-state index contributed by atoms with van der Waals surface area (Å²) in [6.07, 6.45) is 4.87. The highest BCUT2D eigenvalue weighted by Gasteiger charge is 2.14. The third kappa shape index (κ3) is 4.29. The Morgan fingerprint density at radius 1 is 1.37 bits per heavy atom. The number of hydrogen-bond donors (Lipinski definition) is 0. The van der Waals surface area contributed by atoms with Crippen molar-refractivity contribution in [3.05, 3.63) is 23.8 Å². The van der Waals surface area contributed by atoms with Gasteiger partial charge in [0.25, 0.3) is 0 Å². The SMILES string of the molecule is COc1ccc(CCl)cc1OCCCC1CCCO1. The van der Waals surface area contributed by atoms with Crippen LogP contribution in [0.25, 0.3) is 0 Å². The maximum absolute atomic E-state index is 5.83. The molecular formula is C15H21ClO3. The molecule has 1 unspecified atom stereocenters. The van der Waals surface area contributed by atoms with E-state index in [2.05, 4.69) is 0 Å². The zero-order valence-electron chi connectivity index (χ0n) is 11.4. The number of ether oxygens (including phenoxy) is 3. The summed E-state index contributed by atoms with van der Waals surface area (Å²) in [5.41, 5.74) is 1.04. The van der Waals surface area contributed by atoms with E-state index >= 15 is 0 Å². The number of hydrogen-bond acceptors (Lipinski definition) is 3. The average molecular weight is 285 g/mol. The van der Waals surface area contributed by atoms with Crippen LogP contribution in [0.3, 0.4) is 0 Å². The lowest BCUT2D eigenvalue weighted by atomic mass is 10.1. The molecule has 0 N–H and O–H groups in total. The molecule has 0 bridgehead atoms. The van der Waals surface area contributed by atoms with Crippen molar-refractivity contribution >= 4 is 11.6 Å².